The second-order valence-corrected chi connectivity index (χ2v) is 12.5. The molecule has 0 saturated heterocycles. The Morgan fingerprint density at radius 2 is 1.19 bits per heavy atom. The van der Waals surface area contributed by atoms with Crippen LogP contribution in [0.1, 0.15) is 12.0 Å². The first kappa shape index (κ1) is 28.1. The van der Waals surface area contributed by atoms with Crippen LogP contribution >= 0.6 is 0 Å². The number of fused-ring (bicyclic) bond motifs is 5. The van der Waals surface area contributed by atoms with Gasteiger partial charge in [-0.05, 0) is 76.5 Å². The van der Waals surface area contributed by atoms with Gasteiger partial charge in [0.2, 0.25) is 0 Å². The van der Waals surface area contributed by atoms with Gasteiger partial charge in [0.25, 0.3) is 0 Å². The van der Waals surface area contributed by atoms with E-state index in [4.69, 9.17) is 0 Å². The van der Waals surface area contributed by atoms with Crippen LogP contribution in [0.2, 0.25) is 0 Å². The summed E-state index contributed by atoms with van der Waals surface area (Å²) in [5.74, 6) is 0. The molecule has 2 nitrogen and oxygen atoms in total. The zero-order valence-electron chi connectivity index (χ0n) is 26.6. The maximum Gasteiger partial charge on any atom is 0.0620 e. The summed E-state index contributed by atoms with van der Waals surface area (Å²) in [7, 11) is 0. The van der Waals surface area contributed by atoms with Crippen molar-refractivity contribution in [3.8, 4) is 16.8 Å². The molecular formula is C46H34N2. The molecule has 2 heteroatoms. The molecule has 7 aromatic carbocycles. The van der Waals surface area contributed by atoms with Crippen molar-refractivity contribution < 1.29 is 0 Å². The highest BCUT2D eigenvalue weighted by atomic mass is 15.2. The number of allylic oxidation sites excluding steroid dienone is 2. The molecule has 0 spiro atoms. The van der Waals surface area contributed by atoms with Crippen LogP contribution in [-0.4, -0.2) is 10.6 Å². The molecule has 9 rings (SSSR count). The summed E-state index contributed by atoms with van der Waals surface area (Å²) >= 11 is 0. The summed E-state index contributed by atoms with van der Waals surface area (Å²) < 4.78 is 2.46. The third kappa shape index (κ3) is 4.90. The van der Waals surface area contributed by atoms with E-state index in [0.29, 0.717) is 0 Å². The zero-order chi connectivity index (χ0) is 31.9. The van der Waals surface area contributed by atoms with Crippen LogP contribution < -0.4 is 4.90 Å². The van der Waals surface area contributed by atoms with Crippen LogP contribution in [0, 0.1) is 0 Å². The average molecular weight is 615 g/mol. The molecule has 0 N–H and O–H groups in total. The van der Waals surface area contributed by atoms with E-state index in [2.05, 4.69) is 198 Å². The van der Waals surface area contributed by atoms with E-state index in [0.717, 1.165) is 12.1 Å². The van der Waals surface area contributed by atoms with Crippen LogP contribution in [0.4, 0.5) is 11.4 Å². The Kier molecular flexibility index (Phi) is 6.98. The number of rotatable bonds is 6. The molecule has 1 aromatic heterocycles. The number of hydrogen-bond donors (Lipinski definition) is 0. The molecule has 0 saturated carbocycles. The molecule has 0 amide bonds. The second-order valence-electron chi connectivity index (χ2n) is 12.5. The Morgan fingerprint density at radius 3 is 1.96 bits per heavy atom. The SMILES string of the molecule is C1=CC(N(c2ccccc2)c2ccc3ccc4c5ccccc5n(-c5cccc(-c6ccccc6)c5)c4c3c2)CC=C1c1ccccc1. The van der Waals surface area contributed by atoms with Crippen molar-refractivity contribution in [2.75, 3.05) is 4.90 Å². The van der Waals surface area contributed by atoms with Crippen molar-refractivity contribution in [3.05, 3.63) is 194 Å². The Bertz CT molecular complexity index is 2470. The maximum absolute atomic E-state index is 2.50. The molecule has 1 aliphatic carbocycles. The quantitative estimate of drug-likeness (QED) is 0.181. The minimum atomic E-state index is 0.185. The minimum Gasteiger partial charge on any atom is -0.334 e. The molecule has 8 aromatic rings. The molecule has 0 bridgehead atoms. The van der Waals surface area contributed by atoms with Gasteiger partial charge in [0.15, 0.2) is 0 Å². The summed E-state index contributed by atoms with van der Waals surface area (Å²) in [6, 6.07) is 61.6. The van der Waals surface area contributed by atoms with Crippen LogP contribution in [0.15, 0.2) is 188 Å². The zero-order valence-corrected chi connectivity index (χ0v) is 26.6. The fourth-order valence-electron chi connectivity index (χ4n) is 7.41. The molecule has 228 valence electrons. The molecule has 1 unspecified atom stereocenters. The Hall–Kier alpha value is -6.12. The largest absolute Gasteiger partial charge is 0.334 e. The summed E-state index contributed by atoms with van der Waals surface area (Å²) in [4.78, 5) is 2.50. The third-order valence-electron chi connectivity index (χ3n) is 9.68. The normalized spacial score (nSPS) is 14.4. The molecular weight excluding hydrogens is 581 g/mol. The molecule has 1 atom stereocenters. The lowest BCUT2D eigenvalue weighted by Crippen LogP contribution is -2.30. The molecule has 0 aliphatic heterocycles. The fraction of sp³-hybridized carbons (Fsp3) is 0.0435. The fourth-order valence-corrected chi connectivity index (χ4v) is 7.41. The van der Waals surface area contributed by atoms with Crippen LogP contribution in [-0.2, 0) is 0 Å². The highest BCUT2D eigenvalue weighted by Crippen LogP contribution is 2.40. The molecule has 48 heavy (non-hydrogen) atoms. The molecule has 1 aliphatic rings. The van der Waals surface area contributed by atoms with Crippen LogP contribution in [0.5, 0.6) is 0 Å². The van der Waals surface area contributed by atoms with Crippen LogP contribution in [0.25, 0.3) is 55.0 Å². The van der Waals surface area contributed by atoms with Crippen molar-refractivity contribution >= 4 is 49.5 Å². The van der Waals surface area contributed by atoms with Gasteiger partial charge in [0.1, 0.15) is 0 Å². The van der Waals surface area contributed by atoms with Crippen molar-refractivity contribution in [1.82, 2.24) is 4.57 Å². The van der Waals surface area contributed by atoms with E-state index in [1.807, 2.05) is 0 Å². The molecule has 0 fully saturated rings. The standard InChI is InChI=1S/C46H34N2/c1-4-13-33(14-5-1)35-23-27-39(28-24-35)47(38-18-8-3-9-19-38)41-29-25-36-26-30-43-42-21-10-11-22-45(42)48(46(43)44(36)32-41)40-20-12-17-37(31-40)34-15-6-2-7-16-34/h1-27,29-32,39H,28H2. The number of aromatic nitrogens is 1. The lowest BCUT2D eigenvalue weighted by Gasteiger charge is -2.33. The van der Waals surface area contributed by atoms with Crippen molar-refractivity contribution in [1.29, 1.82) is 0 Å². The predicted molar refractivity (Wildman–Crippen MR) is 204 cm³/mol. The minimum absolute atomic E-state index is 0.185. The first-order valence-corrected chi connectivity index (χ1v) is 16.7. The van der Waals surface area contributed by atoms with Crippen molar-refractivity contribution in [3.63, 3.8) is 0 Å². The summed E-state index contributed by atoms with van der Waals surface area (Å²) in [6.45, 7) is 0. The number of para-hydroxylation sites is 2. The Morgan fingerprint density at radius 1 is 0.500 bits per heavy atom. The molecule has 1 heterocycles. The maximum atomic E-state index is 2.50. The second kappa shape index (κ2) is 11.9. The van der Waals surface area contributed by atoms with Gasteiger partial charge in [0, 0.05) is 33.2 Å². The van der Waals surface area contributed by atoms with E-state index in [1.54, 1.807) is 0 Å². The van der Waals surface area contributed by atoms with Gasteiger partial charge in [-0.1, -0.05) is 146 Å². The van der Waals surface area contributed by atoms with Gasteiger partial charge < -0.3 is 9.47 Å². The predicted octanol–water partition coefficient (Wildman–Crippen LogP) is 12.2. The molecule has 0 radical (unpaired) electrons. The number of nitrogens with zero attached hydrogens (tertiary/aromatic N) is 2. The summed E-state index contributed by atoms with van der Waals surface area (Å²) in [6.07, 6.45) is 7.96. The van der Waals surface area contributed by atoms with Crippen LogP contribution in [0.3, 0.4) is 0 Å². The highest BCUT2D eigenvalue weighted by molar-refractivity contribution is 6.19. The van der Waals surface area contributed by atoms with E-state index in [9.17, 15) is 0 Å². The first-order valence-electron chi connectivity index (χ1n) is 16.7. The Balaban J connectivity index is 1.23. The van der Waals surface area contributed by atoms with E-state index >= 15 is 0 Å². The average Bonchev–Trinajstić information content (AvgIpc) is 3.51. The van der Waals surface area contributed by atoms with Crippen molar-refractivity contribution in [2.24, 2.45) is 0 Å². The third-order valence-corrected chi connectivity index (χ3v) is 9.68. The Labute approximate surface area is 281 Å². The van der Waals surface area contributed by atoms with E-state index in [-0.39, 0.29) is 6.04 Å². The van der Waals surface area contributed by atoms with Gasteiger partial charge in [-0.15, -0.1) is 0 Å². The van der Waals surface area contributed by atoms with E-state index < -0.39 is 0 Å². The van der Waals surface area contributed by atoms with Gasteiger partial charge in [-0.3, -0.25) is 0 Å². The number of hydrogen-bond acceptors (Lipinski definition) is 1. The number of anilines is 2. The monoisotopic (exact) mass is 614 g/mol. The topological polar surface area (TPSA) is 8.17 Å². The van der Waals surface area contributed by atoms with Gasteiger partial charge in [-0.25, -0.2) is 0 Å². The van der Waals surface area contributed by atoms with Crippen molar-refractivity contribution in [2.45, 2.75) is 12.5 Å². The van der Waals surface area contributed by atoms with Gasteiger partial charge in [-0.2, -0.15) is 0 Å². The lowest BCUT2D eigenvalue weighted by atomic mass is 9.95. The first-order chi connectivity index (χ1) is 23.8. The highest BCUT2D eigenvalue weighted by Gasteiger charge is 2.22. The summed E-state index contributed by atoms with van der Waals surface area (Å²) in [5, 5.41) is 5.00. The number of benzene rings is 7. The smallest absolute Gasteiger partial charge is 0.0620 e. The van der Waals surface area contributed by atoms with Gasteiger partial charge in [0.05, 0.1) is 17.1 Å². The summed E-state index contributed by atoms with van der Waals surface area (Å²) in [5.41, 5.74) is 10.9. The van der Waals surface area contributed by atoms with Gasteiger partial charge >= 0.3 is 0 Å². The van der Waals surface area contributed by atoms with E-state index in [1.165, 1.54) is 66.2 Å². The lowest BCUT2D eigenvalue weighted by molar-refractivity contribution is 0.787.